The summed E-state index contributed by atoms with van der Waals surface area (Å²) in [7, 11) is 1.46. The van der Waals surface area contributed by atoms with Gasteiger partial charge in [-0.3, -0.25) is 4.79 Å². The summed E-state index contributed by atoms with van der Waals surface area (Å²) < 4.78 is 4.69. The predicted molar refractivity (Wildman–Crippen MR) is 51.4 cm³/mol. The third-order valence-corrected chi connectivity index (χ3v) is 2.95. The zero-order chi connectivity index (χ0) is 9.68. The molecule has 3 heteroatoms. The number of ether oxygens (including phenoxy) is 1. The smallest absolute Gasteiger partial charge is 0.305 e. The van der Waals surface area contributed by atoms with Crippen molar-refractivity contribution in [3.05, 3.63) is 0 Å². The van der Waals surface area contributed by atoms with Crippen LogP contribution >= 0.6 is 0 Å². The number of hydrogen-bond acceptors (Lipinski definition) is 3. The molecular formula is C10H19NO2. The average molecular weight is 185 g/mol. The lowest BCUT2D eigenvalue weighted by atomic mass is 9.82. The van der Waals surface area contributed by atoms with E-state index in [1.54, 1.807) is 0 Å². The molecule has 1 aliphatic heterocycles. The molecule has 1 N–H and O–H groups in total. The van der Waals surface area contributed by atoms with Gasteiger partial charge in [0.05, 0.1) is 7.11 Å². The Labute approximate surface area is 79.8 Å². The fraction of sp³-hybridized carbons (Fsp3) is 0.900. The number of methoxy groups -OCH3 is 1. The van der Waals surface area contributed by atoms with Gasteiger partial charge in [-0.15, -0.1) is 0 Å². The molecule has 0 saturated carbocycles. The molecule has 0 aromatic carbocycles. The van der Waals surface area contributed by atoms with Crippen LogP contribution in [0.1, 0.15) is 26.2 Å². The maximum absolute atomic E-state index is 11.1. The van der Waals surface area contributed by atoms with Crippen LogP contribution in [-0.2, 0) is 9.53 Å². The summed E-state index contributed by atoms with van der Waals surface area (Å²) in [5.41, 5.74) is 0. The van der Waals surface area contributed by atoms with Crippen LogP contribution in [0.5, 0.6) is 0 Å². The van der Waals surface area contributed by atoms with Crippen LogP contribution < -0.4 is 5.32 Å². The second-order valence-corrected chi connectivity index (χ2v) is 3.70. The lowest BCUT2D eigenvalue weighted by Gasteiger charge is -2.30. The largest absolute Gasteiger partial charge is 0.469 e. The Hall–Kier alpha value is -0.570. The molecule has 76 valence electrons. The molecule has 0 radical (unpaired) electrons. The minimum absolute atomic E-state index is 0.0645. The van der Waals surface area contributed by atoms with Gasteiger partial charge in [0, 0.05) is 6.42 Å². The Morgan fingerprint density at radius 1 is 1.54 bits per heavy atom. The monoisotopic (exact) mass is 185 g/mol. The molecule has 13 heavy (non-hydrogen) atoms. The molecule has 2 unspecified atom stereocenters. The molecule has 1 fully saturated rings. The number of hydrogen-bond donors (Lipinski definition) is 1. The Kier molecular flexibility index (Phi) is 4.22. The summed E-state index contributed by atoms with van der Waals surface area (Å²) in [5.74, 6) is 1.11. The fourth-order valence-electron chi connectivity index (χ4n) is 2.02. The molecule has 1 saturated heterocycles. The predicted octanol–water partition coefficient (Wildman–Crippen LogP) is 1.19. The maximum atomic E-state index is 11.1. The van der Waals surface area contributed by atoms with Gasteiger partial charge in [0.25, 0.3) is 0 Å². The van der Waals surface area contributed by atoms with E-state index >= 15 is 0 Å². The van der Waals surface area contributed by atoms with Gasteiger partial charge in [-0.1, -0.05) is 13.3 Å². The summed E-state index contributed by atoms with van der Waals surface area (Å²) >= 11 is 0. The van der Waals surface area contributed by atoms with E-state index in [9.17, 15) is 4.79 Å². The quantitative estimate of drug-likeness (QED) is 0.671. The van der Waals surface area contributed by atoms with E-state index in [4.69, 9.17) is 0 Å². The van der Waals surface area contributed by atoms with Crippen molar-refractivity contribution < 1.29 is 9.53 Å². The van der Waals surface area contributed by atoms with E-state index in [0.29, 0.717) is 18.3 Å². The molecule has 0 amide bonds. The van der Waals surface area contributed by atoms with E-state index in [2.05, 4.69) is 17.0 Å². The van der Waals surface area contributed by atoms with Crippen LogP contribution in [-0.4, -0.2) is 26.2 Å². The topological polar surface area (TPSA) is 38.3 Å². The van der Waals surface area contributed by atoms with Crippen molar-refractivity contribution in [1.29, 1.82) is 0 Å². The molecule has 1 aliphatic rings. The number of carbonyl (C=O) groups excluding carboxylic acids is 1. The summed E-state index contributed by atoms with van der Waals surface area (Å²) in [6.07, 6.45) is 2.85. The van der Waals surface area contributed by atoms with Crippen molar-refractivity contribution in [3.63, 3.8) is 0 Å². The van der Waals surface area contributed by atoms with E-state index in [0.717, 1.165) is 25.9 Å². The zero-order valence-corrected chi connectivity index (χ0v) is 8.51. The average Bonchev–Trinajstić information content (AvgIpc) is 2.18. The first-order valence-corrected chi connectivity index (χ1v) is 5.05. The van der Waals surface area contributed by atoms with Gasteiger partial charge in [0.1, 0.15) is 0 Å². The zero-order valence-electron chi connectivity index (χ0n) is 8.51. The minimum Gasteiger partial charge on any atom is -0.469 e. The van der Waals surface area contributed by atoms with Crippen LogP contribution in [0.3, 0.4) is 0 Å². The van der Waals surface area contributed by atoms with Gasteiger partial charge in [0.15, 0.2) is 0 Å². The standard InChI is InChI=1S/C10H19NO2/c1-3-8-7-11-5-4-9(8)6-10(12)13-2/h8-9,11H,3-7H2,1-2H3. The first-order chi connectivity index (χ1) is 6.27. The number of carbonyl (C=O) groups is 1. The first kappa shape index (κ1) is 10.5. The van der Waals surface area contributed by atoms with Gasteiger partial charge in [-0.2, -0.15) is 0 Å². The molecule has 0 aromatic rings. The second kappa shape index (κ2) is 5.22. The SMILES string of the molecule is CCC1CNCCC1CC(=O)OC. The van der Waals surface area contributed by atoms with Crippen molar-refractivity contribution in [2.75, 3.05) is 20.2 Å². The Morgan fingerprint density at radius 3 is 2.92 bits per heavy atom. The number of esters is 1. The van der Waals surface area contributed by atoms with E-state index in [-0.39, 0.29) is 5.97 Å². The third kappa shape index (κ3) is 2.99. The molecule has 1 heterocycles. The number of nitrogens with one attached hydrogen (secondary N) is 1. The van der Waals surface area contributed by atoms with Crippen LogP contribution in [0.4, 0.5) is 0 Å². The highest BCUT2D eigenvalue weighted by molar-refractivity contribution is 5.69. The highest BCUT2D eigenvalue weighted by atomic mass is 16.5. The van der Waals surface area contributed by atoms with Gasteiger partial charge in [-0.25, -0.2) is 0 Å². The lowest BCUT2D eigenvalue weighted by Crippen LogP contribution is -2.37. The van der Waals surface area contributed by atoms with Gasteiger partial charge < -0.3 is 10.1 Å². The highest BCUT2D eigenvalue weighted by Crippen LogP contribution is 2.25. The Balaban J connectivity index is 2.40. The van der Waals surface area contributed by atoms with Crippen molar-refractivity contribution in [2.45, 2.75) is 26.2 Å². The summed E-state index contributed by atoms with van der Waals surface area (Å²) in [5, 5.41) is 3.35. The number of piperidine rings is 1. The van der Waals surface area contributed by atoms with Crippen LogP contribution in [0.25, 0.3) is 0 Å². The third-order valence-electron chi connectivity index (χ3n) is 2.95. The van der Waals surface area contributed by atoms with E-state index in [1.807, 2.05) is 0 Å². The summed E-state index contributed by atoms with van der Waals surface area (Å²) in [6.45, 7) is 4.28. The minimum atomic E-state index is -0.0645. The second-order valence-electron chi connectivity index (χ2n) is 3.70. The van der Waals surface area contributed by atoms with Crippen LogP contribution in [0.15, 0.2) is 0 Å². The summed E-state index contributed by atoms with van der Waals surface area (Å²) in [6, 6.07) is 0. The number of rotatable bonds is 3. The lowest BCUT2D eigenvalue weighted by molar-refractivity contribution is -0.142. The van der Waals surface area contributed by atoms with Crippen molar-refractivity contribution in [1.82, 2.24) is 5.32 Å². The van der Waals surface area contributed by atoms with E-state index in [1.165, 1.54) is 7.11 Å². The van der Waals surface area contributed by atoms with Crippen LogP contribution in [0.2, 0.25) is 0 Å². The van der Waals surface area contributed by atoms with Crippen LogP contribution in [0, 0.1) is 11.8 Å². The summed E-state index contributed by atoms with van der Waals surface area (Å²) in [4.78, 5) is 11.1. The van der Waals surface area contributed by atoms with Gasteiger partial charge in [0.2, 0.25) is 0 Å². The molecule has 0 spiro atoms. The van der Waals surface area contributed by atoms with Crippen molar-refractivity contribution >= 4 is 5.97 Å². The molecule has 2 atom stereocenters. The van der Waals surface area contributed by atoms with E-state index < -0.39 is 0 Å². The first-order valence-electron chi connectivity index (χ1n) is 5.05. The maximum Gasteiger partial charge on any atom is 0.305 e. The fourth-order valence-corrected chi connectivity index (χ4v) is 2.02. The molecule has 0 bridgehead atoms. The molecule has 3 nitrogen and oxygen atoms in total. The normalized spacial score (nSPS) is 28.5. The molecule has 1 rings (SSSR count). The molecular weight excluding hydrogens is 166 g/mol. The Morgan fingerprint density at radius 2 is 2.31 bits per heavy atom. The highest BCUT2D eigenvalue weighted by Gasteiger charge is 2.25. The van der Waals surface area contributed by atoms with Gasteiger partial charge >= 0.3 is 5.97 Å². The van der Waals surface area contributed by atoms with Crippen molar-refractivity contribution in [3.8, 4) is 0 Å². The molecule has 0 aromatic heterocycles. The van der Waals surface area contributed by atoms with Crippen molar-refractivity contribution in [2.24, 2.45) is 11.8 Å². The molecule has 0 aliphatic carbocycles. The van der Waals surface area contributed by atoms with Gasteiger partial charge in [-0.05, 0) is 31.3 Å². The Bertz CT molecular complexity index is 170.